The third-order valence-electron chi connectivity index (χ3n) is 5.96. The topological polar surface area (TPSA) is 109 Å². The molecule has 8 nitrogen and oxygen atoms in total. The van der Waals surface area contributed by atoms with E-state index in [-0.39, 0.29) is 22.8 Å². The third kappa shape index (κ3) is 4.38. The molecule has 1 saturated heterocycles. The monoisotopic (exact) mass is 516 g/mol. The zero-order chi connectivity index (χ0) is 26.1. The predicted molar refractivity (Wildman–Crippen MR) is 141 cm³/mol. The molecule has 1 amide bonds. The van der Waals surface area contributed by atoms with E-state index in [1.54, 1.807) is 61.5 Å². The molecular weight excluding hydrogens is 492 g/mol. The summed E-state index contributed by atoms with van der Waals surface area (Å²) < 4.78 is 11.9. The predicted octanol–water partition coefficient (Wildman–Crippen LogP) is 5.43. The zero-order valence-electron chi connectivity index (χ0n) is 20.2. The Hall–Kier alpha value is -4.37. The molecule has 5 rings (SSSR count). The first-order valence-corrected chi connectivity index (χ1v) is 12.6. The molecule has 0 aliphatic carbocycles. The molecule has 188 valence electrons. The van der Waals surface area contributed by atoms with Crippen LogP contribution >= 0.6 is 11.3 Å². The Balaban J connectivity index is 1.71. The molecule has 1 aromatic heterocycles. The number of benzene rings is 3. The van der Waals surface area contributed by atoms with E-state index < -0.39 is 17.7 Å². The Bertz CT molecular complexity index is 1530. The van der Waals surface area contributed by atoms with Crippen molar-refractivity contribution in [2.24, 2.45) is 0 Å². The van der Waals surface area contributed by atoms with Gasteiger partial charge in [0.05, 0.1) is 35.0 Å². The number of thiazole rings is 1. The average Bonchev–Trinajstić information content (AvgIpc) is 3.43. The average molecular weight is 517 g/mol. The third-order valence-corrected chi connectivity index (χ3v) is 6.97. The molecule has 1 aliphatic heterocycles. The first kappa shape index (κ1) is 24.3. The molecule has 37 heavy (non-hydrogen) atoms. The van der Waals surface area contributed by atoms with Gasteiger partial charge in [0.15, 0.2) is 16.6 Å². The molecule has 0 radical (unpaired) electrons. The summed E-state index contributed by atoms with van der Waals surface area (Å²) in [5.41, 5.74) is 1.46. The minimum atomic E-state index is -0.994. The molecule has 2 N–H and O–H groups in total. The summed E-state index contributed by atoms with van der Waals surface area (Å²) >= 11 is 1.24. The number of ether oxygens (including phenoxy) is 2. The lowest BCUT2D eigenvalue weighted by Crippen LogP contribution is -2.29. The number of phenolic OH excluding ortho intramolecular Hbond substituents is 1. The van der Waals surface area contributed by atoms with Crippen LogP contribution in [0.1, 0.15) is 31.0 Å². The van der Waals surface area contributed by atoms with Crippen LogP contribution in [0.3, 0.4) is 0 Å². The molecule has 4 aromatic rings. The molecule has 1 unspecified atom stereocenters. The molecule has 1 fully saturated rings. The fourth-order valence-corrected chi connectivity index (χ4v) is 5.34. The molecule has 1 atom stereocenters. The van der Waals surface area contributed by atoms with Crippen molar-refractivity contribution in [3.05, 3.63) is 83.4 Å². The molecule has 1 aliphatic rings. The Labute approximate surface area is 217 Å². The minimum Gasteiger partial charge on any atom is -0.507 e. The lowest BCUT2D eigenvalue weighted by molar-refractivity contribution is -0.132. The summed E-state index contributed by atoms with van der Waals surface area (Å²) in [7, 11) is 0. The van der Waals surface area contributed by atoms with Gasteiger partial charge in [-0.25, -0.2) is 4.98 Å². The maximum Gasteiger partial charge on any atom is 0.301 e. The van der Waals surface area contributed by atoms with E-state index in [9.17, 15) is 19.8 Å². The van der Waals surface area contributed by atoms with Crippen LogP contribution in [0.4, 0.5) is 5.13 Å². The fourth-order valence-electron chi connectivity index (χ4n) is 4.32. The Morgan fingerprint density at radius 3 is 2.49 bits per heavy atom. The number of hydrogen-bond donors (Lipinski definition) is 2. The van der Waals surface area contributed by atoms with Gasteiger partial charge in [-0.15, -0.1) is 0 Å². The summed E-state index contributed by atoms with van der Waals surface area (Å²) in [5.74, 6) is -1.13. The number of rotatable bonds is 7. The lowest BCUT2D eigenvalue weighted by Gasteiger charge is -2.23. The van der Waals surface area contributed by atoms with Crippen molar-refractivity contribution in [1.29, 1.82) is 0 Å². The van der Waals surface area contributed by atoms with Crippen molar-refractivity contribution in [1.82, 2.24) is 4.98 Å². The smallest absolute Gasteiger partial charge is 0.301 e. The Kier molecular flexibility index (Phi) is 6.54. The highest BCUT2D eigenvalue weighted by Gasteiger charge is 2.48. The maximum absolute atomic E-state index is 13.5. The number of carbonyl (C=O) groups is 2. The number of carbonyl (C=O) groups excluding carboxylic acids is 2. The van der Waals surface area contributed by atoms with Gasteiger partial charge in [0, 0.05) is 5.56 Å². The van der Waals surface area contributed by atoms with Gasteiger partial charge in [0.25, 0.3) is 5.78 Å². The van der Waals surface area contributed by atoms with Gasteiger partial charge < -0.3 is 19.7 Å². The molecule has 0 bridgehead atoms. The normalized spacial score (nSPS) is 16.9. The van der Waals surface area contributed by atoms with E-state index in [1.165, 1.54) is 22.3 Å². The molecule has 0 spiro atoms. The van der Waals surface area contributed by atoms with Crippen LogP contribution in [0.15, 0.2) is 72.3 Å². The van der Waals surface area contributed by atoms with E-state index in [0.29, 0.717) is 40.7 Å². The quantitative estimate of drug-likeness (QED) is 0.192. The number of fused-ring (bicyclic) bond motifs is 1. The number of aliphatic hydroxyl groups is 1. The number of phenols is 1. The van der Waals surface area contributed by atoms with Gasteiger partial charge in [0.1, 0.15) is 11.5 Å². The van der Waals surface area contributed by atoms with Gasteiger partial charge in [-0.05, 0) is 49.7 Å². The first-order valence-electron chi connectivity index (χ1n) is 11.8. The fraction of sp³-hybridized carbons (Fsp3) is 0.179. The molecule has 9 heteroatoms. The summed E-state index contributed by atoms with van der Waals surface area (Å²) in [5, 5.41) is 21.8. The van der Waals surface area contributed by atoms with E-state index in [2.05, 4.69) is 4.98 Å². The van der Waals surface area contributed by atoms with Crippen LogP contribution in [-0.2, 0) is 9.59 Å². The Morgan fingerprint density at radius 2 is 1.76 bits per heavy atom. The number of aromatic nitrogens is 1. The SMILES string of the molecule is CCOc1ccc2nc(N3C(=O)C(=O)C(=C(O)c4ccccc4)C3c3ccc(O)c(OCC)c3)sc2c1. The highest BCUT2D eigenvalue weighted by molar-refractivity contribution is 7.22. The summed E-state index contributed by atoms with van der Waals surface area (Å²) in [4.78, 5) is 32.8. The summed E-state index contributed by atoms with van der Waals surface area (Å²) in [6, 6.07) is 17.6. The van der Waals surface area contributed by atoms with Crippen LogP contribution in [0.5, 0.6) is 17.2 Å². The van der Waals surface area contributed by atoms with Crippen LogP contribution in [0.2, 0.25) is 0 Å². The van der Waals surface area contributed by atoms with Crippen molar-refractivity contribution in [3.8, 4) is 17.2 Å². The highest BCUT2D eigenvalue weighted by atomic mass is 32.1. The zero-order valence-corrected chi connectivity index (χ0v) is 21.0. The van der Waals surface area contributed by atoms with Crippen LogP contribution < -0.4 is 14.4 Å². The second-order valence-electron chi connectivity index (χ2n) is 8.25. The number of Topliss-reactive ketones (excluding diaryl/α,β-unsaturated/α-hetero) is 1. The van der Waals surface area contributed by atoms with E-state index in [0.717, 1.165) is 4.70 Å². The largest absolute Gasteiger partial charge is 0.507 e. The second kappa shape index (κ2) is 9.94. The van der Waals surface area contributed by atoms with Crippen LogP contribution in [-0.4, -0.2) is 40.1 Å². The number of nitrogens with zero attached hydrogens (tertiary/aromatic N) is 2. The van der Waals surface area contributed by atoms with Crippen molar-refractivity contribution in [3.63, 3.8) is 0 Å². The van der Waals surface area contributed by atoms with Gasteiger partial charge in [-0.3, -0.25) is 14.5 Å². The number of aromatic hydroxyl groups is 1. The van der Waals surface area contributed by atoms with E-state index in [4.69, 9.17) is 9.47 Å². The lowest BCUT2D eigenvalue weighted by atomic mass is 9.95. The summed E-state index contributed by atoms with van der Waals surface area (Å²) in [6.07, 6.45) is 0. The van der Waals surface area contributed by atoms with Crippen molar-refractivity contribution in [2.45, 2.75) is 19.9 Å². The number of anilines is 1. The number of ketones is 1. The summed E-state index contributed by atoms with van der Waals surface area (Å²) in [6.45, 7) is 4.49. The first-order chi connectivity index (χ1) is 17.9. The van der Waals surface area contributed by atoms with Gasteiger partial charge >= 0.3 is 5.91 Å². The van der Waals surface area contributed by atoms with Crippen molar-refractivity contribution < 1.29 is 29.3 Å². The molecular formula is C28H24N2O6S. The van der Waals surface area contributed by atoms with Gasteiger partial charge in [0.2, 0.25) is 0 Å². The second-order valence-corrected chi connectivity index (χ2v) is 9.26. The standard InChI is InChI=1S/C28H24N2O6S/c1-3-35-18-11-12-19-22(15-18)37-28(29-19)30-24(17-10-13-20(31)21(14-17)36-4-2)23(26(33)27(30)34)25(32)16-8-6-5-7-9-16/h5-15,24,31-32H,3-4H2,1-2H3. The van der Waals surface area contributed by atoms with Crippen LogP contribution in [0.25, 0.3) is 16.0 Å². The molecule has 3 aromatic carbocycles. The number of aliphatic hydroxyl groups excluding tert-OH is 1. The highest BCUT2D eigenvalue weighted by Crippen LogP contribution is 2.46. The van der Waals surface area contributed by atoms with Crippen LogP contribution in [0, 0.1) is 0 Å². The van der Waals surface area contributed by atoms with Crippen molar-refractivity contribution >= 4 is 44.1 Å². The van der Waals surface area contributed by atoms with E-state index in [1.807, 2.05) is 13.0 Å². The van der Waals surface area contributed by atoms with E-state index >= 15 is 0 Å². The molecule has 0 saturated carbocycles. The minimum absolute atomic E-state index is 0.0707. The Morgan fingerprint density at radius 1 is 1.00 bits per heavy atom. The maximum atomic E-state index is 13.5. The molecule has 2 heterocycles. The van der Waals surface area contributed by atoms with Crippen molar-refractivity contribution in [2.75, 3.05) is 18.1 Å². The van der Waals surface area contributed by atoms with Gasteiger partial charge in [-0.2, -0.15) is 0 Å². The number of amides is 1. The van der Waals surface area contributed by atoms with Gasteiger partial charge in [-0.1, -0.05) is 47.7 Å². The number of hydrogen-bond acceptors (Lipinski definition) is 8.